The van der Waals surface area contributed by atoms with Crippen LogP contribution in [0.15, 0.2) is 34.9 Å². The first-order valence-corrected chi connectivity index (χ1v) is 9.91. The first-order valence-electron chi connectivity index (χ1n) is 9.91. The van der Waals surface area contributed by atoms with Crippen LogP contribution in [-0.2, 0) is 0 Å². The molecule has 0 bridgehead atoms. The van der Waals surface area contributed by atoms with E-state index in [1.54, 1.807) is 25.4 Å². The van der Waals surface area contributed by atoms with Crippen LogP contribution in [0.4, 0.5) is 10.5 Å². The highest BCUT2D eigenvalue weighted by Crippen LogP contribution is 2.38. The Balaban J connectivity index is 0.000000466. The van der Waals surface area contributed by atoms with Crippen LogP contribution >= 0.6 is 0 Å². The van der Waals surface area contributed by atoms with Crippen LogP contribution in [0.1, 0.15) is 38.5 Å². The SMILES string of the molecule is C1CCC1.CN1CCC([N+](C(=O)[O-])(c2cccc3ccoc23)N(C)C)CC1. The fraction of sp³-hybridized carbons (Fsp3) is 0.571. The predicted molar refractivity (Wildman–Crippen MR) is 106 cm³/mol. The van der Waals surface area contributed by atoms with Gasteiger partial charge >= 0.3 is 0 Å². The van der Waals surface area contributed by atoms with E-state index in [2.05, 4.69) is 11.9 Å². The van der Waals surface area contributed by atoms with Gasteiger partial charge in [0.2, 0.25) is 5.69 Å². The zero-order valence-corrected chi connectivity index (χ0v) is 16.7. The summed E-state index contributed by atoms with van der Waals surface area (Å²) < 4.78 is 5.29. The minimum Gasteiger partial charge on any atom is -0.496 e. The van der Waals surface area contributed by atoms with Gasteiger partial charge in [-0.1, -0.05) is 37.8 Å². The Morgan fingerprint density at radius 2 is 1.78 bits per heavy atom. The van der Waals surface area contributed by atoms with Crippen molar-refractivity contribution in [2.45, 2.75) is 44.6 Å². The third-order valence-corrected chi connectivity index (χ3v) is 5.95. The average Bonchev–Trinajstić information content (AvgIpc) is 3.04. The number of benzene rings is 1. The number of carbonyl (C=O) groups excluding carboxylic acids is 1. The van der Waals surface area contributed by atoms with E-state index in [4.69, 9.17) is 4.42 Å². The summed E-state index contributed by atoms with van der Waals surface area (Å²) in [6.07, 6.45) is 8.07. The summed E-state index contributed by atoms with van der Waals surface area (Å²) in [4.78, 5) is 14.6. The molecule has 1 saturated carbocycles. The van der Waals surface area contributed by atoms with Crippen LogP contribution in [0.5, 0.6) is 0 Å². The standard InChI is InChI=1S/C17H23N3O3.C4H8/c1-18(2)20(17(21)22,14-7-10-19(3)11-8-14)15-6-4-5-13-9-12-23-16(13)15;1-2-4-3-1/h4-6,9,12,14H,7-8,10-11H2,1-3H3;1-4H2. The molecule has 2 heterocycles. The van der Waals surface area contributed by atoms with Crippen LogP contribution in [0.2, 0.25) is 0 Å². The number of nitrogens with zero attached hydrogens (tertiary/aromatic N) is 3. The number of rotatable bonds is 3. The van der Waals surface area contributed by atoms with Crippen LogP contribution in [-0.4, -0.2) is 56.3 Å². The molecule has 0 spiro atoms. The molecule has 1 atom stereocenters. The smallest absolute Gasteiger partial charge is 0.283 e. The van der Waals surface area contributed by atoms with Gasteiger partial charge in [-0.15, -0.1) is 5.01 Å². The van der Waals surface area contributed by atoms with E-state index in [1.165, 1.54) is 25.7 Å². The zero-order chi connectivity index (χ0) is 19.4. The van der Waals surface area contributed by atoms with Crippen molar-refractivity contribution in [2.24, 2.45) is 0 Å². The zero-order valence-electron chi connectivity index (χ0n) is 16.7. The first kappa shape index (κ1) is 19.9. The average molecular weight is 373 g/mol. The van der Waals surface area contributed by atoms with Crippen LogP contribution in [0.25, 0.3) is 11.0 Å². The molecule has 2 aliphatic rings. The predicted octanol–water partition coefficient (Wildman–Crippen LogP) is 3.21. The van der Waals surface area contributed by atoms with Crippen molar-refractivity contribution >= 4 is 22.7 Å². The van der Waals surface area contributed by atoms with Gasteiger partial charge in [0.15, 0.2) is 5.58 Å². The number of piperidine rings is 1. The summed E-state index contributed by atoms with van der Waals surface area (Å²) in [5.74, 6) is 0. The van der Waals surface area contributed by atoms with E-state index in [-0.39, 0.29) is 10.6 Å². The molecule has 27 heavy (non-hydrogen) atoms. The van der Waals surface area contributed by atoms with Gasteiger partial charge in [-0.2, -0.15) is 4.59 Å². The van der Waals surface area contributed by atoms with E-state index in [0.29, 0.717) is 11.3 Å². The maximum absolute atomic E-state index is 12.4. The van der Waals surface area contributed by atoms with Crippen molar-refractivity contribution < 1.29 is 14.3 Å². The highest BCUT2D eigenvalue weighted by molar-refractivity contribution is 5.94. The molecule has 4 rings (SSSR count). The molecular formula is C21H31N3O3. The van der Waals surface area contributed by atoms with Crippen LogP contribution in [0.3, 0.4) is 0 Å². The van der Waals surface area contributed by atoms with Gasteiger partial charge in [-0.3, -0.25) is 0 Å². The van der Waals surface area contributed by atoms with E-state index < -0.39 is 6.09 Å². The van der Waals surface area contributed by atoms with Gasteiger partial charge in [0, 0.05) is 51.5 Å². The van der Waals surface area contributed by atoms with E-state index >= 15 is 0 Å². The number of carboxylic acid groups (broad SMARTS) is 1. The topological polar surface area (TPSA) is 59.8 Å². The van der Waals surface area contributed by atoms with Crippen molar-refractivity contribution in [1.29, 1.82) is 0 Å². The van der Waals surface area contributed by atoms with Crippen molar-refractivity contribution in [3.63, 3.8) is 0 Å². The highest BCUT2D eigenvalue weighted by Gasteiger charge is 2.47. The number of hydrogen-bond donors (Lipinski definition) is 0. The van der Waals surface area contributed by atoms with E-state index in [1.807, 2.05) is 24.3 Å². The first-order chi connectivity index (χ1) is 13.0. The third-order valence-electron chi connectivity index (χ3n) is 5.95. The van der Waals surface area contributed by atoms with Gasteiger partial charge in [0.25, 0.3) is 6.09 Å². The fourth-order valence-corrected chi connectivity index (χ4v) is 4.01. The molecule has 1 aliphatic carbocycles. The van der Waals surface area contributed by atoms with Gasteiger partial charge in [0.1, 0.15) is 6.04 Å². The normalized spacial score (nSPS) is 20.6. The number of hydrogen-bond acceptors (Lipinski definition) is 5. The summed E-state index contributed by atoms with van der Waals surface area (Å²) in [6.45, 7) is 1.75. The Kier molecular flexibility index (Phi) is 6.19. The number of carbonyl (C=O) groups is 1. The molecule has 6 nitrogen and oxygen atoms in total. The van der Waals surface area contributed by atoms with Gasteiger partial charge in [0.05, 0.1) is 6.26 Å². The molecule has 148 valence electrons. The van der Waals surface area contributed by atoms with Gasteiger partial charge in [-0.25, -0.2) is 0 Å². The number of amides is 1. The van der Waals surface area contributed by atoms with Gasteiger partial charge in [-0.05, 0) is 13.1 Å². The Morgan fingerprint density at radius 3 is 2.30 bits per heavy atom. The summed E-state index contributed by atoms with van der Waals surface area (Å²) in [6, 6.07) is 7.41. The Labute approximate surface area is 161 Å². The molecule has 1 saturated heterocycles. The lowest BCUT2D eigenvalue weighted by atomic mass is 10.0. The largest absolute Gasteiger partial charge is 0.496 e. The Bertz CT molecular complexity index is 757. The minimum atomic E-state index is -1.12. The number of furan rings is 1. The number of quaternary nitrogens is 1. The Morgan fingerprint density at radius 1 is 1.15 bits per heavy atom. The minimum absolute atomic E-state index is 0.0816. The molecule has 2 aromatic rings. The van der Waals surface area contributed by atoms with Crippen LogP contribution < -0.4 is 9.70 Å². The summed E-state index contributed by atoms with van der Waals surface area (Å²) in [7, 11) is 5.64. The van der Waals surface area contributed by atoms with E-state index in [9.17, 15) is 9.90 Å². The van der Waals surface area contributed by atoms with Crippen LogP contribution in [0, 0.1) is 0 Å². The molecule has 1 aliphatic heterocycles. The highest BCUT2D eigenvalue weighted by atomic mass is 16.4. The lowest BCUT2D eigenvalue weighted by molar-refractivity contribution is -0.281. The summed E-state index contributed by atoms with van der Waals surface area (Å²) in [5, 5.41) is 15.0. The lowest BCUT2D eigenvalue weighted by Crippen LogP contribution is -2.72. The molecule has 1 aromatic heterocycles. The summed E-state index contributed by atoms with van der Waals surface area (Å²) in [5.41, 5.74) is 1.25. The summed E-state index contributed by atoms with van der Waals surface area (Å²) >= 11 is 0. The monoisotopic (exact) mass is 373 g/mol. The van der Waals surface area contributed by atoms with Gasteiger partial charge < -0.3 is 19.2 Å². The molecule has 1 unspecified atom stereocenters. The second kappa shape index (κ2) is 8.42. The third kappa shape index (κ3) is 3.74. The number of likely N-dealkylation sites (tertiary alicyclic amines) is 1. The maximum atomic E-state index is 12.4. The Hall–Kier alpha value is -1.89. The second-order valence-electron chi connectivity index (χ2n) is 7.86. The number of fused-ring (bicyclic) bond motifs is 1. The quantitative estimate of drug-likeness (QED) is 0.611. The lowest BCUT2D eigenvalue weighted by Gasteiger charge is -2.48. The molecule has 0 radical (unpaired) electrons. The van der Waals surface area contributed by atoms with Crippen molar-refractivity contribution in [3.8, 4) is 0 Å². The molecule has 6 heteroatoms. The van der Waals surface area contributed by atoms with Crippen molar-refractivity contribution in [2.75, 3.05) is 34.2 Å². The molecular weight excluding hydrogens is 342 g/mol. The molecule has 2 fully saturated rings. The molecule has 1 amide bonds. The maximum Gasteiger partial charge on any atom is 0.283 e. The number of para-hydroxylation sites is 1. The second-order valence-corrected chi connectivity index (χ2v) is 7.86. The fourth-order valence-electron chi connectivity index (χ4n) is 4.01. The molecule has 1 aromatic carbocycles. The molecule has 0 N–H and O–H groups in total. The van der Waals surface area contributed by atoms with Crippen molar-refractivity contribution in [3.05, 3.63) is 30.5 Å². The van der Waals surface area contributed by atoms with E-state index in [0.717, 1.165) is 31.3 Å². The van der Waals surface area contributed by atoms with Crippen molar-refractivity contribution in [1.82, 2.24) is 14.5 Å².